The van der Waals surface area contributed by atoms with Crippen LogP contribution in [0.1, 0.15) is 30.9 Å². The van der Waals surface area contributed by atoms with Gasteiger partial charge in [0.25, 0.3) is 0 Å². The molecule has 0 spiro atoms. The van der Waals surface area contributed by atoms with Crippen molar-refractivity contribution in [2.45, 2.75) is 26.2 Å². The van der Waals surface area contributed by atoms with Gasteiger partial charge in [-0.25, -0.2) is 5.57 Å². The van der Waals surface area contributed by atoms with Gasteiger partial charge in [-0.2, -0.15) is 5.56 Å². The standard InChI is InChI=1S/C16H15.Li/c1-2-5-13-10-11-14-9-8-12-6-3-4-7-15(12)16(13)14;/h3-4,6-9H,2,5,11H2,1H3;/q-1;+1. The molecule has 0 amide bonds. The number of hydrogen-bond acceptors (Lipinski definition) is 0. The van der Waals surface area contributed by atoms with Gasteiger partial charge in [0.15, 0.2) is 0 Å². The summed E-state index contributed by atoms with van der Waals surface area (Å²) in [6, 6.07) is 13.1. The molecule has 1 aliphatic rings. The van der Waals surface area contributed by atoms with E-state index in [-0.39, 0.29) is 18.9 Å². The van der Waals surface area contributed by atoms with E-state index in [1.54, 1.807) is 0 Å². The molecular formula is C16H15Li. The molecule has 0 bridgehead atoms. The van der Waals surface area contributed by atoms with Crippen molar-refractivity contribution in [1.29, 1.82) is 0 Å². The summed E-state index contributed by atoms with van der Waals surface area (Å²) in [6.07, 6.45) is 6.88. The number of allylic oxidation sites excluding steroid dienone is 2. The zero-order valence-corrected chi connectivity index (χ0v) is 10.6. The van der Waals surface area contributed by atoms with Crippen molar-refractivity contribution in [3.63, 3.8) is 0 Å². The Bertz CT molecular complexity index is 567. The molecule has 0 heterocycles. The van der Waals surface area contributed by atoms with Crippen LogP contribution in [0.4, 0.5) is 0 Å². The van der Waals surface area contributed by atoms with Gasteiger partial charge in [-0.3, -0.25) is 6.08 Å². The third-order valence-electron chi connectivity index (χ3n) is 3.31. The van der Waals surface area contributed by atoms with Crippen molar-refractivity contribution < 1.29 is 18.9 Å². The van der Waals surface area contributed by atoms with Gasteiger partial charge in [0.05, 0.1) is 0 Å². The number of fused-ring (bicyclic) bond motifs is 3. The Balaban J connectivity index is 0.00000108. The fourth-order valence-corrected chi connectivity index (χ4v) is 2.57. The Hall–Kier alpha value is -0.963. The third kappa shape index (κ3) is 2.08. The number of rotatable bonds is 2. The molecule has 0 saturated heterocycles. The summed E-state index contributed by atoms with van der Waals surface area (Å²) in [7, 11) is 0. The average molecular weight is 214 g/mol. The molecule has 0 aromatic heterocycles. The van der Waals surface area contributed by atoms with Gasteiger partial charge in [-0.05, 0) is 5.39 Å². The molecule has 80 valence electrons. The summed E-state index contributed by atoms with van der Waals surface area (Å²) in [5.74, 6) is 0. The summed E-state index contributed by atoms with van der Waals surface area (Å²) >= 11 is 0. The molecule has 0 unspecified atom stereocenters. The van der Waals surface area contributed by atoms with Crippen LogP contribution in [0.3, 0.4) is 0 Å². The maximum atomic E-state index is 3.53. The summed E-state index contributed by atoms with van der Waals surface area (Å²) in [4.78, 5) is 0. The Morgan fingerprint density at radius 3 is 2.76 bits per heavy atom. The monoisotopic (exact) mass is 214 g/mol. The van der Waals surface area contributed by atoms with Gasteiger partial charge in [0, 0.05) is 0 Å². The van der Waals surface area contributed by atoms with Gasteiger partial charge in [-0.1, -0.05) is 61.5 Å². The van der Waals surface area contributed by atoms with E-state index in [2.05, 4.69) is 49.4 Å². The van der Waals surface area contributed by atoms with Crippen LogP contribution >= 0.6 is 0 Å². The van der Waals surface area contributed by atoms with Crippen LogP contribution in [0.15, 0.2) is 36.4 Å². The minimum Gasteiger partial charge on any atom is -0.268 e. The van der Waals surface area contributed by atoms with Crippen molar-refractivity contribution in [2.75, 3.05) is 0 Å². The normalized spacial score (nSPS) is 13.1. The van der Waals surface area contributed by atoms with Crippen LogP contribution in [0.25, 0.3) is 16.3 Å². The smallest absolute Gasteiger partial charge is 0.268 e. The first kappa shape index (κ1) is 12.5. The zero-order valence-electron chi connectivity index (χ0n) is 10.6. The maximum absolute atomic E-state index is 3.53. The molecule has 3 rings (SSSR count). The molecule has 0 N–H and O–H groups in total. The van der Waals surface area contributed by atoms with Crippen molar-refractivity contribution in [3.8, 4) is 0 Å². The molecule has 0 atom stereocenters. The second kappa shape index (κ2) is 5.13. The number of hydrogen-bond donors (Lipinski definition) is 0. The van der Waals surface area contributed by atoms with E-state index in [9.17, 15) is 0 Å². The Labute approximate surface area is 115 Å². The van der Waals surface area contributed by atoms with E-state index < -0.39 is 0 Å². The van der Waals surface area contributed by atoms with Gasteiger partial charge in [0.1, 0.15) is 0 Å². The van der Waals surface area contributed by atoms with E-state index >= 15 is 0 Å². The third-order valence-corrected chi connectivity index (χ3v) is 3.31. The first-order chi connectivity index (χ1) is 7.90. The molecule has 1 aliphatic carbocycles. The molecule has 17 heavy (non-hydrogen) atoms. The minimum atomic E-state index is 0. The molecule has 2 aromatic carbocycles. The van der Waals surface area contributed by atoms with E-state index in [4.69, 9.17) is 0 Å². The molecule has 1 heteroatoms. The quantitative estimate of drug-likeness (QED) is 0.523. The van der Waals surface area contributed by atoms with Crippen LogP contribution in [-0.2, 0) is 6.42 Å². The van der Waals surface area contributed by atoms with Crippen LogP contribution in [-0.4, -0.2) is 0 Å². The summed E-state index contributed by atoms with van der Waals surface area (Å²) in [5, 5.41) is 2.74. The van der Waals surface area contributed by atoms with Gasteiger partial charge >= 0.3 is 18.9 Å². The topological polar surface area (TPSA) is 0 Å². The molecule has 0 nitrogen and oxygen atoms in total. The molecule has 2 aromatic rings. The average Bonchev–Trinajstić information content (AvgIpc) is 2.73. The predicted octanol–water partition coefficient (Wildman–Crippen LogP) is 1.39. The Morgan fingerprint density at radius 2 is 1.94 bits per heavy atom. The van der Waals surface area contributed by atoms with Crippen LogP contribution in [0.5, 0.6) is 0 Å². The van der Waals surface area contributed by atoms with Gasteiger partial charge in [0.2, 0.25) is 0 Å². The SMILES string of the molecule is CCCC1=[C-]Cc2ccc3ccccc3c21.[Li+]. The van der Waals surface area contributed by atoms with E-state index in [1.165, 1.54) is 33.9 Å². The van der Waals surface area contributed by atoms with Crippen molar-refractivity contribution in [2.24, 2.45) is 0 Å². The number of benzene rings is 2. The minimum absolute atomic E-state index is 0. The molecule has 0 aliphatic heterocycles. The molecular weight excluding hydrogens is 199 g/mol. The molecule has 0 radical (unpaired) electrons. The maximum Gasteiger partial charge on any atom is 1.00 e. The van der Waals surface area contributed by atoms with Crippen LogP contribution in [0.2, 0.25) is 0 Å². The largest absolute Gasteiger partial charge is 1.00 e. The van der Waals surface area contributed by atoms with Crippen molar-refractivity contribution >= 4 is 16.3 Å². The van der Waals surface area contributed by atoms with Gasteiger partial charge in [-0.15, -0.1) is 12.0 Å². The first-order valence-corrected chi connectivity index (χ1v) is 6.01. The van der Waals surface area contributed by atoms with E-state index in [0.717, 1.165) is 12.8 Å². The second-order valence-electron chi connectivity index (χ2n) is 4.40. The Morgan fingerprint density at radius 1 is 1.12 bits per heavy atom. The first-order valence-electron chi connectivity index (χ1n) is 6.01. The summed E-state index contributed by atoms with van der Waals surface area (Å²) in [5.41, 5.74) is 4.33. The van der Waals surface area contributed by atoms with E-state index in [0.29, 0.717) is 0 Å². The fourth-order valence-electron chi connectivity index (χ4n) is 2.57. The predicted molar refractivity (Wildman–Crippen MR) is 69.2 cm³/mol. The molecule has 0 saturated carbocycles. The fraction of sp³-hybridized carbons (Fsp3) is 0.250. The second-order valence-corrected chi connectivity index (χ2v) is 4.40. The zero-order chi connectivity index (χ0) is 11.0. The summed E-state index contributed by atoms with van der Waals surface area (Å²) in [6.45, 7) is 2.23. The van der Waals surface area contributed by atoms with Crippen LogP contribution < -0.4 is 18.9 Å². The van der Waals surface area contributed by atoms with Gasteiger partial charge < -0.3 is 0 Å². The Kier molecular flexibility index (Phi) is 3.77. The van der Waals surface area contributed by atoms with Crippen molar-refractivity contribution in [3.05, 3.63) is 53.6 Å². The van der Waals surface area contributed by atoms with E-state index in [1.807, 2.05) is 0 Å². The van der Waals surface area contributed by atoms with Crippen LogP contribution in [0, 0.1) is 6.08 Å². The molecule has 0 fully saturated rings. The van der Waals surface area contributed by atoms with Crippen molar-refractivity contribution in [1.82, 2.24) is 0 Å². The summed E-state index contributed by atoms with van der Waals surface area (Å²) < 4.78 is 0.